The van der Waals surface area contributed by atoms with Crippen LogP contribution < -0.4 is 5.32 Å². The maximum atomic E-state index is 3.23. The molecule has 1 atom stereocenters. The van der Waals surface area contributed by atoms with E-state index >= 15 is 0 Å². The first kappa shape index (κ1) is 6.86. The van der Waals surface area contributed by atoms with Crippen molar-refractivity contribution in [2.75, 3.05) is 7.05 Å². The Labute approximate surface area is 67.4 Å². The van der Waals surface area contributed by atoms with Gasteiger partial charge in [0.25, 0.3) is 0 Å². The molecule has 0 aromatic rings. The van der Waals surface area contributed by atoms with Crippen molar-refractivity contribution in [3.05, 3.63) is 23.8 Å². The Hall–Kier alpha value is -0.820. The molecule has 2 aliphatic carbocycles. The fourth-order valence-electron chi connectivity index (χ4n) is 1.40. The lowest BCUT2D eigenvalue weighted by atomic mass is 10.1. The third-order valence-electron chi connectivity index (χ3n) is 2.28. The van der Waals surface area contributed by atoms with E-state index in [2.05, 4.69) is 30.4 Å². The minimum Gasteiger partial charge on any atom is -0.317 e. The fourth-order valence-corrected chi connectivity index (χ4v) is 1.40. The molecule has 11 heavy (non-hydrogen) atoms. The van der Waals surface area contributed by atoms with Crippen molar-refractivity contribution in [3.63, 3.8) is 0 Å². The van der Waals surface area contributed by atoms with E-state index in [4.69, 9.17) is 0 Å². The quantitative estimate of drug-likeness (QED) is 0.698. The summed E-state index contributed by atoms with van der Waals surface area (Å²) >= 11 is 0. The average Bonchev–Trinajstić information content (AvgIpc) is 2.60. The Morgan fingerprint density at radius 1 is 1.27 bits per heavy atom. The lowest BCUT2D eigenvalue weighted by Crippen LogP contribution is -2.23. The molecule has 0 aromatic heterocycles. The molecule has 0 spiro atoms. The van der Waals surface area contributed by atoms with Gasteiger partial charge in [0, 0.05) is 6.04 Å². The van der Waals surface area contributed by atoms with Crippen LogP contribution in [0.4, 0.5) is 0 Å². The third-order valence-corrected chi connectivity index (χ3v) is 2.28. The average molecular weight is 147 g/mol. The van der Waals surface area contributed by atoms with Crippen LogP contribution in [0.5, 0.6) is 0 Å². The van der Waals surface area contributed by atoms with Gasteiger partial charge in [-0.1, -0.05) is 12.1 Å². The fraction of sp³-hybridized carbons (Fsp3) is 0.400. The largest absolute Gasteiger partial charge is 0.317 e. The SMILES string of the molecule is CN[C@H](C)Cc1cc2cc-2c1. The van der Waals surface area contributed by atoms with Gasteiger partial charge in [0.05, 0.1) is 0 Å². The number of fused-ring (bicyclic) bond motifs is 1. The summed E-state index contributed by atoms with van der Waals surface area (Å²) in [5.74, 6) is 0. The second kappa shape index (κ2) is 2.35. The van der Waals surface area contributed by atoms with Crippen LogP contribution in [0, 0.1) is 0 Å². The van der Waals surface area contributed by atoms with Crippen LogP contribution in [0.3, 0.4) is 0 Å². The lowest BCUT2D eigenvalue weighted by molar-refractivity contribution is 0.609. The van der Waals surface area contributed by atoms with E-state index in [1.54, 1.807) is 0 Å². The number of rotatable bonds is 3. The van der Waals surface area contributed by atoms with Gasteiger partial charge in [0.2, 0.25) is 0 Å². The second-order valence-electron chi connectivity index (χ2n) is 3.31. The van der Waals surface area contributed by atoms with Gasteiger partial charge in [-0.3, -0.25) is 0 Å². The molecule has 1 nitrogen and oxygen atoms in total. The van der Waals surface area contributed by atoms with Crippen molar-refractivity contribution in [2.24, 2.45) is 0 Å². The van der Waals surface area contributed by atoms with Crippen molar-refractivity contribution in [2.45, 2.75) is 19.4 Å². The normalized spacial score (nSPS) is 14.7. The standard InChI is InChI=1S/C10H13N/c1-7(11-2)3-8-4-9-6-10(9)5-8/h4-7,11H,3H2,1-2H3/t7-/m1/s1. The predicted molar refractivity (Wildman–Crippen MR) is 47.7 cm³/mol. The summed E-state index contributed by atoms with van der Waals surface area (Å²) in [6.07, 6.45) is 1.15. The Morgan fingerprint density at radius 2 is 1.91 bits per heavy atom. The van der Waals surface area contributed by atoms with Gasteiger partial charge in [-0.2, -0.15) is 0 Å². The molecule has 0 bridgehead atoms. The highest BCUT2D eigenvalue weighted by Gasteiger charge is 2.14. The number of likely N-dealkylation sites (N-methyl/N-ethyl adjacent to an activating group) is 1. The maximum absolute atomic E-state index is 3.23. The van der Waals surface area contributed by atoms with Gasteiger partial charge in [0.15, 0.2) is 0 Å². The topological polar surface area (TPSA) is 12.0 Å². The molecule has 0 amide bonds. The van der Waals surface area contributed by atoms with E-state index in [0.717, 1.165) is 6.42 Å². The molecule has 0 saturated carbocycles. The highest BCUT2D eigenvalue weighted by Crippen LogP contribution is 2.36. The summed E-state index contributed by atoms with van der Waals surface area (Å²) in [7, 11) is 2.01. The predicted octanol–water partition coefficient (Wildman–Crippen LogP) is 1.82. The van der Waals surface area contributed by atoms with E-state index in [0.29, 0.717) is 6.04 Å². The molecule has 0 aromatic carbocycles. The molecule has 0 aliphatic heterocycles. The van der Waals surface area contributed by atoms with E-state index in [1.807, 2.05) is 7.05 Å². The first-order valence-corrected chi connectivity index (χ1v) is 4.11. The molecule has 0 heterocycles. The summed E-state index contributed by atoms with van der Waals surface area (Å²) < 4.78 is 0. The van der Waals surface area contributed by atoms with Gasteiger partial charge >= 0.3 is 0 Å². The zero-order valence-electron chi connectivity index (χ0n) is 7.02. The van der Waals surface area contributed by atoms with Crippen LogP contribution in [-0.4, -0.2) is 13.1 Å². The molecule has 2 aliphatic rings. The number of hydrogen-bond donors (Lipinski definition) is 1. The maximum Gasteiger partial charge on any atom is 0.00761 e. The van der Waals surface area contributed by atoms with Crippen LogP contribution in [-0.2, 0) is 6.42 Å². The number of hydrogen-bond acceptors (Lipinski definition) is 1. The highest BCUT2D eigenvalue weighted by atomic mass is 14.8. The van der Waals surface area contributed by atoms with Gasteiger partial charge in [-0.05, 0) is 43.1 Å². The van der Waals surface area contributed by atoms with Crippen LogP contribution >= 0.6 is 0 Å². The van der Waals surface area contributed by atoms with Crippen LogP contribution in [0.15, 0.2) is 18.2 Å². The van der Waals surface area contributed by atoms with Crippen LogP contribution in [0.25, 0.3) is 11.1 Å². The molecule has 0 saturated heterocycles. The van der Waals surface area contributed by atoms with E-state index < -0.39 is 0 Å². The van der Waals surface area contributed by atoms with E-state index in [-0.39, 0.29) is 0 Å². The van der Waals surface area contributed by atoms with Crippen LogP contribution in [0.2, 0.25) is 0 Å². The molecule has 58 valence electrons. The van der Waals surface area contributed by atoms with Gasteiger partial charge in [-0.25, -0.2) is 0 Å². The third kappa shape index (κ3) is 1.29. The summed E-state index contributed by atoms with van der Waals surface area (Å²) in [6.45, 7) is 2.21. The zero-order chi connectivity index (χ0) is 7.84. The van der Waals surface area contributed by atoms with Crippen LogP contribution in [0.1, 0.15) is 12.5 Å². The van der Waals surface area contributed by atoms with E-state index in [9.17, 15) is 0 Å². The smallest absolute Gasteiger partial charge is 0.00761 e. The number of benzene rings is 1. The van der Waals surface area contributed by atoms with Crippen molar-refractivity contribution in [1.29, 1.82) is 0 Å². The molecule has 0 fully saturated rings. The molecular weight excluding hydrogens is 134 g/mol. The molecule has 2 rings (SSSR count). The molecule has 0 radical (unpaired) electrons. The first-order chi connectivity index (χ1) is 5.29. The molecule has 1 heteroatoms. The zero-order valence-corrected chi connectivity index (χ0v) is 7.02. The van der Waals surface area contributed by atoms with Gasteiger partial charge in [0.1, 0.15) is 0 Å². The van der Waals surface area contributed by atoms with Crippen molar-refractivity contribution < 1.29 is 0 Å². The van der Waals surface area contributed by atoms with Gasteiger partial charge in [-0.15, -0.1) is 0 Å². The van der Waals surface area contributed by atoms with Crippen molar-refractivity contribution in [1.82, 2.24) is 5.32 Å². The summed E-state index contributed by atoms with van der Waals surface area (Å²) in [5.41, 5.74) is 4.37. The Morgan fingerprint density at radius 3 is 2.45 bits per heavy atom. The summed E-state index contributed by atoms with van der Waals surface area (Å²) in [6, 6.07) is 7.37. The second-order valence-corrected chi connectivity index (χ2v) is 3.31. The minimum atomic E-state index is 0.594. The Kier molecular flexibility index (Phi) is 1.46. The Bertz CT molecular complexity index is 258. The monoisotopic (exact) mass is 147 g/mol. The Balaban J connectivity index is 2.00. The van der Waals surface area contributed by atoms with E-state index in [1.165, 1.54) is 16.7 Å². The minimum absolute atomic E-state index is 0.594. The van der Waals surface area contributed by atoms with Gasteiger partial charge < -0.3 is 5.32 Å². The first-order valence-electron chi connectivity index (χ1n) is 4.11. The van der Waals surface area contributed by atoms with Crippen molar-refractivity contribution in [3.8, 4) is 11.1 Å². The summed E-state index contributed by atoms with van der Waals surface area (Å²) in [5, 5.41) is 3.23. The molecule has 0 unspecified atom stereocenters. The molecular formula is C10H13N. The summed E-state index contributed by atoms with van der Waals surface area (Å²) in [4.78, 5) is 0. The number of nitrogens with one attached hydrogen (secondary N) is 1. The molecule has 1 N–H and O–H groups in total. The van der Waals surface area contributed by atoms with Crippen molar-refractivity contribution >= 4 is 0 Å². The highest BCUT2D eigenvalue weighted by molar-refractivity contribution is 5.82. The lowest BCUT2D eigenvalue weighted by Gasteiger charge is -2.07.